The average Bonchev–Trinajstić information content (AvgIpc) is 3.21. The Morgan fingerprint density at radius 3 is 2.44 bits per heavy atom. The molecular weight excluding hydrogens is 456 g/mol. The van der Waals surface area contributed by atoms with Crippen molar-refractivity contribution < 1.29 is 19.1 Å². The largest absolute Gasteiger partial charge is 0.461 e. The third-order valence-electron chi connectivity index (χ3n) is 6.65. The van der Waals surface area contributed by atoms with Crippen molar-refractivity contribution in [3.8, 4) is 0 Å². The van der Waals surface area contributed by atoms with Gasteiger partial charge < -0.3 is 10.1 Å². The van der Waals surface area contributed by atoms with Gasteiger partial charge in [-0.2, -0.15) is 5.10 Å². The van der Waals surface area contributed by atoms with Gasteiger partial charge in [-0.25, -0.2) is 4.79 Å². The summed E-state index contributed by atoms with van der Waals surface area (Å²) in [5.41, 5.74) is -0.423. The van der Waals surface area contributed by atoms with Crippen LogP contribution in [0.25, 0.3) is 0 Å². The van der Waals surface area contributed by atoms with Crippen LogP contribution in [-0.2, 0) is 16.1 Å². The van der Waals surface area contributed by atoms with Crippen molar-refractivity contribution in [2.24, 2.45) is 0 Å². The highest BCUT2D eigenvalue weighted by Crippen LogP contribution is 2.34. The number of hydrogen-bond acceptors (Lipinski definition) is 5. The number of carbonyl (C=O) groups excluding carboxylic acids is 3. The number of nitrogens with zero attached hydrogens (tertiary/aromatic N) is 3. The Balaban J connectivity index is 1.70. The lowest BCUT2D eigenvalue weighted by molar-refractivity contribution is -0.127. The number of fused-ring (bicyclic) bond motifs is 1. The van der Waals surface area contributed by atoms with Crippen LogP contribution >= 0.6 is 11.6 Å². The number of rotatable bonds is 5. The predicted molar refractivity (Wildman–Crippen MR) is 129 cm³/mol. The standard InChI is InChI=1S/C25H31ClN4O4/c1-3-34-23(32)20-15-21-22(31)30(19-13-11-17(26)12-14-19)25(2,16-29(21)28-20)24(33)27-18-9-7-5-4-6-8-10-18/h11-15,18H,3-10,16H2,1-2H3,(H,27,33)/t25-/m1/s1. The van der Waals surface area contributed by atoms with E-state index in [-0.39, 0.29) is 36.5 Å². The summed E-state index contributed by atoms with van der Waals surface area (Å²) in [6.07, 6.45) is 7.59. The maximum atomic E-state index is 13.8. The van der Waals surface area contributed by atoms with E-state index < -0.39 is 17.4 Å². The SMILES string of the molecule is CCOC(=O)c1cc2n(n1)C[C@](C)(C(=O)NC1CCCCCCC1)N(c1ccc(Cl)cc1)C2=O. The number of nitrogens with one attached hydrogen (secondary N) is 1. The summed E-state index contributed by atoms with van der Waals surface area (Å²) in [4.78, 5) is 41.2. The summed E-state index contributed by atoms with van der Waals surface area (Å²) < 4.78 is 6.50. The molecule has 1 N–H and O–H groups in total. The second-order valence-corrected chi connectivity index (χ2v) is 9.64. The van der Waals surface area contributed by atoms with Crippen LogP contribution in [0.3, 0.4) is 0 Å². The molecule has 2 amide bonds. The Hall–Kier alpha value is -2.87. The van der Waals surface area contributed by atoms with Crippen LogP contribution in [0.5, 0.6) is 0 Å². The smallest absolute Gasteiger partial charge is 0.358 e. The molecule has 9 heteroatoms. The van der Waals surface area contributed by atoms with Gasteiger partial charge in [0.2, 0.25) is 5.91 Å². The quantitative estimate of drug-likeness (QED) is 0.634. The Bertz CT molecular complexity index is 1060. The first kappa shape index (κ1) is 24.3. The molecule has 34 heavy (non-hydrogen) atoms. The minimum atomic E-state index is -1.25. The summed E-state index contributed by atoms with van der Waals surface area (Å²) in [5, 5.41) is 8.06. The zero-order valence-electron chi connectivity index (χ0n) is 19.7. The van der Waals surface area contributed by atoms with Crippen molar-refractivity contribution >= 4 is 35.1 Å². The number of anilines is 1. The molecule has 1 aliphatic carbocycles. The van der Waals surface area contributed by atoms with E-state index in [1.54, 1.807) is 38.1 Å². The highest BCUT2D eigenvalue weighted by molar-refractivity contribution is 6.30. The molecule has 2 aliphatic rings. The van der Waals surface area contributed by atoms with Crippen LogP contribution in [0.2, 0.25) is 5.02 Å². The van der Waals surface area contributed by atoms with Gasteiger partial charge in [0.1, 0.15) is 11.2 Å². The molecule has 0 unspecified atom stereocenters. The van der Waals surface area contributed by atoms with Crippen LogP contribution in [0.4, 0.5) is 5.69 Å². The highest BCUT2D eigenvalue weighted by atomic mass is 35.5. The highest BCUT2D eigenvalue weighted by Gasteiger charge is 2.49. The third-order valence-corrected chi connectivity index (χ3v) is 6.90. The van der Waals surface area contributed by atoms with E-state index >= 15 is 0 Å². The molecule has 2 aromatic rings. The fourth-order valence-corrected chi connectivity index (χ4v) is 4.95. The molecule has 182 valence electrons. The van der Waals surface area contributed by atoms with E-state index in [2.05, 4.69) is 10.4 Å². The lowest BCUT2D eigenvalue weighted by Crippen LogP contribution is -2.65. The van der Waals surface area contributed by atoms with Gasteiger partial charge in [0, 0.05) is 22.8 Å². The number of amides is 2. The van der Waals surface area contributed by atoms with Crippen LogP contribution in [0, 0.1) is 0 Å². The monoisotopic (exact) mass is 486 g/mol. The molecule has 1 fully saturated rings. The lowest BCUT2D eigenvalue weighted by atomic mass is 9.91. The first-order valence-corrected chi connectivity index (χ1v) is 12.4. The summed E-state index contributed by atoms with van der Waals surface area (Å²) in [6, 6.07) is 8.32. The molecule has 1 aromatic heterocycles. The molecule has 0 radical (unpaired) electrons. The number of carbonyl (C=O) groups is 3. The van der Waals surface area contributed by atoms with Crippen molar-refractivity contribution in [2.45, 2.75) is 76.9 Å². The zero-order valence-corrected chi connectivity index (χ0v) is 20.4. The molecular formula is C25H31ClN4O4. The summed E-state index contributed by atoms with van der Waals surface area (Å²) in [6.45, 7) is 3.76. The van der Waals surface area contributed by atoms with Gasteiger partial charge in [-0.1, -0.05) is 43.7 Å². The Labute approximate surface area is 204 Å². The van der Waals surface area contributed by atoms with Gasteiger partial charge in [-0.15, -0.1) is 0 Å². The predicted octanol–water partition coefficient (Wildman–Crippen LogP) is 4.36. The number of benzene rings is 1. The van der Waals surface area contributed by atoms with Gasteiger partial charge in [0.15, 0.2) is 5.69 Å². The molecule has 8 nitrogen and oxygen atoms in total. The van der Waals surface area contributed by atoms with Crippen molar-refractivity contribution in [3.05, 3.63) is 46.7 Å². The molecule has 4 rings (SSSR count). The van der Waals surface area contributed by atoms with E-state index in [0.717, 1.165) is 25.7 Å². The number of aromatic nitrogens is 2. The topological polar surface area (TPSA) is 93.5 Å². The summed E-state index contributed by atoms with van der Waals surface area (Å²) >= 11 is 6.08. The molecule has 2 heterocycles. The van der Waals surface area contributed by atoms with Crippen molar-refractivity contribution in [1.29, 1.82) is 0 Å². The molecule has 1 aliphatic heterocycles. The molecule has 1 saturated carbocycles. The first-order chi connectivity index (χ1) is 16.3. The first-order valence-electron chi connectivity index (χ1n) is 12.0. The zero-order chi connectivity index (χ0) is 24.3. The van der Waals surface area contributed by atoms with Gasteiger partial charge in [-0.05, 0) is 51.0 Å². The van der Waals surface area contributed by atoms with Gasteiger partial charge in [0.25, 0.3) is 5.91 Å². The maximum Gasteiger partial charge on any atom is 0.358 e. The molecule has 0 spiro atoms. The maximum absolute atomic E-state index is 13.8. The summed E-state index contributed by atoms with van der Waals surface area (Å²) in [5.74, 6) is -1.25. The molecule has 0 saturated heterocycles. The fourth-order valence-electron chi connectivity index (χ4n) is 4.82. The number of esters is 1. The van der Waals surface area contributed by atoms with Gasteiger partial charge >= 0.3 is 5.97 Å². The summed E-state index contributed by atoms with van der Waals surface area (Å²) in [7, 11) is 0. The normalized spacial score (nSPS) is 21.4. The number of halogens is 1. The van der Waals surface area contributed by atoms with Gasteiger partial charge in [0.05, 0.1) is 13.2 Å². The molecule has 1 atom stereocenters. The van der Waals surface area contributed by atoms with Crippen LogP contribution < -0.4 is 10.2 Å². The van der Waals surface area contributed by atoms with E-state index in [9.17, 15) is 14.4 Å². The number of ether oxygens (including phenoxy) is 1. The van der Waals surface area contributed by atoms with E-state index in [1.807, 2.05) is 0 Å². The third kappa shape index (κ3) is 4.82. The van der Waals surface area contributed by atoms with Crippen LogP contribution in [-0.4, -0.2) is 45.8 Å². The second kappa shape index (κ2) is 10.2. The Kier molecular flexibility index (Phi) is 7.26. The molecule has 1 aromatic carbocycles. The van der Waals surface area contributed by atoms with Crippen molar-refractivity contribution in [2.75, 3.05) is 11.5 Å². The molecule has 0 bridgehead atoms. The minimum Gasteiger partial charge on any atom is -0.461 e. The average molecular weight is 487 g/mol. The van der Waals surface area contributed by atoms with Crippen molar-refractivity contribution in [1.82, 2.24) is 15.1 Å². The Morgan fingerprint density at radius 1 is 1.15 bits per heavy atom. The van der Waals surface area contributed by atoms with Crippen LogP contribution in [0.1, 0.15) is 79.8 Å². The lowest BCUT2D eigenvalue weighted by Gasteiger charge is -2.43. The van der Waals surface area contributed by atoms with Gasteiger partial charge in [-0.3, -0.25) is 19.2 Å². The van der Waals surface area contributed by atoms with E-state index in [1.165, 1.54) is 34.9 Å². The minimum absolute atomic E-state index is 0.0472. The Morgan fingerprint density at radius 2 is 1.79 bits per heavy atom. The number of hydrogen-bond donors (Lipinski definition) is 1. The fraction of sp³-hybridized carbons (Fsp3) is 0.520. The van der Waals surface area contributed by atoms with Crippen molar-refractivity contribution in [3.63, 3.8) is 0 Å². The van der Waals surface area contributed by atoms with Crippen LogP contribution in [0.15, 0.2) is 30.3 Å². The van der Waals surface area contributed by atoms with E-state index in [4.69, 9.17) is 16.3 Å². The second-order valence-electron chi connectivity index (χ2n) is 9.20. The van der Waals surface area contributed by atoms with E-state index in [0.29, 0.717) is 10.7 Å².